The number of ether oxygens (including phenoxy) is 1. The summed E-state index contributed by atoms with van der Waals surface area (Å²) < 4.78 is 5.22. The monoisotopic (exact) mass is 164 g/mol. The average Bonchev–Trinajstić information content (AvgIpc) is 2.21. The van der Waals surface area contributed by atoms with E-state index in [2.05, 4.69) is 20.9 Å². The van der Waals surface area contributed by atoms with Gasteiger partial charge in [-0.25, -0.2) is 9.97 Å². The van der Waals surface area contributed by atoms with Gasteiger partial charge in [0.25, 0.3) is 0 Å². The molecule has 0 aromatic carbocycles. The molecular weight excluding hydrogens is 154 g/mol. The number of nitrogens with zero attached hydrogens (tertiary/aromatic N) is 3. The minimum Gasteiger partial charge on any atom is -0.378 e. The number of hydrogen-bond acceptors (Lipinski definition) is 4. The molecule has 4 heteroatoms. The van der Waals surface area contributed by atoms with Crippen LogP contribution in [0.3, 0.4) is 0 Å². The van der Waals surface area contributed by atoms with Gasteiger partial charge in [-0.05, 0) is 0 Å². The first-order valence-electron chi connectivity index (χ1n) is 3.97. The minimum atomic E-state index is 0.766. The van der Waals surface area contributed by atoms with E-state index in [0.717, 1.165) is 32.3 Å². The van der Waals surface area contributed by atoms with E-state index in [9.17, 15) is 0 Å². The van der Waals surface area contributed by atoms with E-state index in [1.54, 1.807) is 12.4 Å². The van der Waals surface area contributed by atoms with Gasteiger partial charge in [-0.3, -0.25) is 0 Å². The normalized spacial score (nSPS) is 17.8. The number of hydrogen-bond donors (Lipinski definition) is 0. The van der Waals surface area contributed by atoms with Gasteiger partial charge in [-0.15, -0.1) is 0 Å². The van der Waals surface area contributed by atoms with Gasteiger partial charge in [-0.2, -0.15) is 0 Å². The van der Waals surface area contributed by atoms with Crippen LogP contribution in [0.4, 0.5) is 5.95 Å². The summed E-state index contributed by atoms with van der Waals surface area (Å²) in [6.45, 7) is 3.29. The Morgan fingerprint density at radius 3 is 2.58 bits per heavy atom. The van der Waals surface area contributed by atoms with Gasteiger partial charge in [-0.1, -0.05) is 0 Å². The van der Waals surface area contributed by atoms with Crippen LogP contribution in [-0.4, -0.2) is 36.3 Å². The molecular formula is C8H10N3O. The lowest BCUT2D eigenvalue weighted by Gasteiger charge is -2.26. The molecule has 63 valence electrons. The van der Waals surface area contributed by atoms with E-state index in [1.165, 1.54) is 0 Å². The Morgan fingerprint density at radius 2 is 1.92 bits per heavy atom. The van der Waals surface area contributed by atoms with Crippen LogP contribution in [0.1, 0.15) is 0 Å². The van der Waals surface area contributed by atoms with Crippen molar-refractivity contribution in [1.82, 2.24) is 9.97 Å². The molecule has 12 heavy (non-hydrogen) atoms. The quantitative estimate of drug-likeness (QED) is 0.590. The van der Waals surface area contributed by atoms with Gasteiger partial charge < -0.3 is 9.64 Å². The largest absolute Gasteiger partial charge is 0.378 e. The molecule has 1 radical (unpaired) electrons. The summed E-state index contributed by atoms with van der Waals surface area (Å²) >= 11 is 0. The van der Waals surface area contributed by atoms with Crippen molar-refractivity contribution >= 4 is 5.95 Å². The first kappa shape index (κ1) is 7.49. The second kappa shape index (κ2) is 3.49. The SMILES string of the molecule is [c]1cnc(N2CCOCC2)nc1. The third-order valence-electron chi connectivity index (χ3n) is 1.80. The molecule has 0 atom stereocenters. The van der Waals surface area contributed by atoms with Gasteiger partial charge in [0.05, 0.1) is 13.2 Å². The molecule has 2 rings (SSSR count). The van der Waals surface area contributed by atoms with Crippen molar-refractivity contribution in [1.29, 1.82) is 0 Å². The van der Waals surface area contributed by atoms with Crippen LogP contribution >= 0.6 is 0 Å². The maximum atomic E-state index is 5.22. The molecule has 0 N–H and O–H groups in total. The van der Waals surface area contributed by atoms with Crippen molar-refractivity contribution in [3.8, 4) is 0 Å². The van der Waals surface area contributed by atoms with Crippen molar-refractivity contribution in [3.05, 3.63) is 18.5 Å². The average molecular weight is 164 g/mol. The van der Waals surface area contributed by atoms with Gasteiger partial charge in [0.2, 0.25) is 5.95 Å². The summed E-state index contributed by atoms with van der Waals surface area (Å²) in [5.74, 6) is 0.775. The van der Waals surface area contributed by atoms with E-state index in [-0.39, 0.29) is 0 Å². The molecule has 1 fully saturated rings. The number of aromatic nitrogens is 2. The van der Waals surface area contributed by atoms with E-state index >= 15 is 0 Å². The van der Waals surface area contributed by atoms with Crippen LogP contribution in [0, 0.1) is 6.07 Å². The van der Waals surface area contributed by atoms with Crippen molar-refractivity contribution in [2.24, 2.45) is 0 Å². The molecule has 0 aliphatic carbocycles. The smallest absolute Gasteiger partial charge is 0.225 e. The molecule has 0 bridgehead atoms. The second-order valence-electron chi connectivity index (χ2n) is 2.58. The molecule has 1 aliphatic heterocycles. The van der Waals surface area contributed by atoms with Crippen molar-refractivity contribution in [3.63, 3.8) is 0 Å². The fraction of sp³-hybridized carbons (Fsp3) is 0.500. The minimum absolute atomic E-state index is 0.766. The maximum absolute atomic E-state index is 5.22. The van der Waals surface area contributed by atoms with Crippen molar-refractivity contribution in [2.45, 2.75) is 0 Å². The molecule has 1 aliphatic rings. The summed E-state index contributed by atoms with van der Waals surface area (Å²) in [4.78, 5) is 10.3. The van der Waals surface area contributed by atoms with Crippen LogP contribution < -0.4 is 4.90 Å². The number of rotatable bonds is 1. The fourth-order valence-electron chi connectivity index (χ4n) is 1.18. The lowest BCUT2D eigenvalue weighted by atomic mass is 10.4. The Hall–Kier alpha value is -1.16. The molecule has 0 amide bonds. The highest BCUT2D eigenvalue weighted by molar-refractivity contribution is 5.28. The van der Waals surface area contributed by atoms with Crippen LogP contribution in [-0.2, 0) is 4.74 Å². The van der Waals surface area contributed by atoms with Gasteiger partial charge in [0.15, 0.2) is 0 Å². The van der Waals surface area contributed by atoms with Crippen LogP contribution in [0.25, 0.3) is 0 Å². The lowest BCUT2D eigenvalue weighted by Crippen LogP contribution is -2.37. The Morgan fingerprint density at radius 1 is 1.25 bits per heavy atom. The first-order chi connectivity index (χ1) is 5.97. The number of anilines is 1. The second-order valence-corrected chi connectivity index (χ2v) is 2.58. The van der Waals surface area contributed by atoms with E-state index < -0.39 is 0 Å². The highest BCUT2D eigenvalue weighted by Gasteiger charge is 2.12. The zero-order valence-corrected chi connectivity index (χ0v) is 6.73. The summed E-state index contributed by atoms with van der Waals surface area (Å²) in [7, 11) is 0. The zero-order valence-electron chi connectivity index (χ0n) is 6.73. The zero-order chi connectivity index (χ0) is 8.23. The Balaban J connectivity index is 2.08. The molecule has 1 aromatic rings. The summed E-state index contributed by atoms with van der Waals surface area (Å²) in [5.41, 5.74) is 0. The van der Waals surface area contributed by atoms with Gasteiger partial charge in [0, 0.05) is 31.5 Å². The number of morpholine rings is 1. The molecule has 0 spiro atoms. The molecule has 1 aromatic heterocycles. The summed E-state index contributed by atoms with van der Waals surface area (Å²) in [6, 6.07) is 2.79. The highest BCUT2D eigenvalue weighted by Crippen LogP contribution is 2.06. The van der Waals surface area contributed by atoms with Crippen molar-refractivity contribution < 1.29 is 4.74 Å². The van der Waals surface area contributed by atoms with E-state index in [0.29, 0.717) is 0 Å². The van der Waals surface area contributed by atoms with Crippen LogP contribution in [0.15, 0.2) is 12.4 Å². The third kappa shape index (κ3) is 1.53. The third-order valence-corrected chi connectivity index (χ3v) is 1.80. The maximum Gasteiger partial charge on any atom is 0.225 e. The van der Waals surface area contributed by atoms with Crippen LogP contribution in [0.2, 0.25) is 0 Å². The molecule has 0 saturated carbocycles. The molecule has 1 saturated heterocycles. The molecule has 0 unspecified atom stereocenters. The molecule has 2 heterocycles. The Kier molecular flexibility index (Phi) is 2.18. The van der Waals surface area contributed by atoms with Gasteiger partial charge >= 0.3 is 0 Å². The van der Waals surface area contributed by atoms with Gasteiger partial charge in [0.1, 0.15) is 0 Å². The topological polar surface area (TPSA) is 38.2 Å². The Labute approximate surface area is 71.2 Å². The van der Waals surface area contributed by atoms with Crippen LogP contribution in [0.5, 0.6) is 0 Å². The Bertz CT molecular complexity index is 233. The van der Waals surface area contributed by atoms with E-state index in [1.807, 2.05) is 0 Å². The lowest BCUT2D eigenvalue weighted by molar-refractivity contribution is 0.122. The standard InChI is InChI=1S/C8H10N3O/c1-2-9-8(10-3-1)11-4-6-12-7-5-11/h2-3H,4-7H2. The predicted octanol–water partition coefficient (Wildman–Crippen LogP) is 0.113. The first-order valence-corrected chi connectivity index (χ1v) is 3.97. The predicted molar refractivity (Wildman–Crippen MR) is 43.9 cm³/mol. The summed E-state index contributed by atoms with van der Waals surface area (Å²) in [5, 5.41) is 0. The van der Waals surface area contributed by atoms with Crippen molar-refractivity contribution in [2.75, 3.05) is 31.2 Å². The summed E-state index contributed by atoms with van der Waals surface area (Å²) in [6.07, 6.45) is 3.27. The van der Waals surface area contributed by atoms with E-state index in [4.69, 9.17) is 4.74 Å². The fourth-order valence-corrected chi connectivity index (χ4v) is 1.18. The molecule has 4 nitrogen and oxygen atoms in total. The highest BCUT2D eigenvalue weighted by atomic mass is 16.5.